The van der Waals surface area contributed by atoms with Crippen LogP contribution in [0.1, 0.15) is 33.3 Å². The number of aromatic hydroxyl groups is 1. The van der Waals surface area contributed by atoms with Crippen molar-refractivity contribution in [2.24, 2.45) is 0 Å². The average molecular weight is 448 g/mol. The molecule has 2 aromatic rings. The van der Waals surface area contributed by atoms with Gasteiger partial charge in [-0.05, 0) is 13.0 Å². The van der Waals surface area contributed by atoms with Crippen molar-refractivity contribution in [3.63, 3.8) is 0 Å². The number of amides is 2. The Morgan fingerprint density at radius 2 is 2.00 bits per heavy atom. The van der Waals surface area contributed by atoms with Crippen LogP contribution in [-0.4, -0.2) is 51.9 Å². The van der Waals surface area contributed by atoms with Gasteiger partial charge in [0.05, 0.1) is 6.04 Å². The molecule has 168 valence electrons. The Hall–Kier alpha value is -3.76. The summed E-state index contributed by atoms with van der Waals surface area (Å²) in [5, 5.41) is 14.2. The molecule has 2 atom stereocenters. The minimum absolute atomic E-state index is 0.0167. The van der Waals surface area contributed by atoms with Crippen LogP contribution in [0.25, 0.3) is 0 Å². The highest BCUT2D eigenvalue weighted by molar-refractivity contribution is 5.99. The van der Waals surface area contributed by atoms with E-state index in [0.29, 0.717) is 6.07 Å². The second kappa shape index (κ2) is 8.06. The molecule has 0 saturated heterocycles. The van der Waals surface area contributed by atoms with Gasteiger partial charge in [-0.3, -0.25) is 24.1 Å². The topological polar surface area (TPSA) is 94.9 Å². The van der Waals surface area contributed by atoms with Gasteiger partial charge in [-0.1, -0.05) is 18.2 Å². The molecule has 2 aliphatic rings. The summed E-state index contributed by atoms with van der Waals surface area (Å²) < 4.78 is 41.7. The van der Waals surface area contributed by atoms with Crippen molar-refractivity contribution in [3.8, 4) is 5.75 Å². The monoisotopic (exact) mass is 448 g/mol. The van der Waals surface area contributed by atoms with E-state index in [1.165, 1.54) is 9.91 Å². The molecule has 32 heavy (non-hydrogen) atoms. The highest BCUT2D eigenvalue weighted by atomic mass is 19.1. The molecule has 3 heterocycles. The van der Waals surface area contributed by atoms with Gasteiger partial charge in [0.25, 0.3) is 11.8 Å². The second-order valence-electron chi connectivity index (χ2n) is 7.54. The fourth-order valence-electron chi connectivity index (χ4n) is 3.71. The smallest absolute Gasteiger partial charge is 0.278 e. The molecule has 0 unspecified atom stereocenters. The zero-order chi connectivity index (χ0) is 23.2. The molecule has 0 aliphatic carbocycles. The second-order valence-corrected chi connectivity index (χ2v) is 7.54. The molecule has 2 bridgehead atoms. The third kappa shape index (κ3) is 3.49. The number of hydrogen-bond acceptors (Lipinski definition) is 5. The lowest BCUT2D eigenvalue weighted by molar-refractivity contribution is 0.0648. The van der Waals surface area contributed by atoms with Crippen LogP contribution >= 0.6 is 0 Å². The van der Waals surface area contributed by atoms with Crippen molar-refractivity contribution in [3.05, 3.63) is 75.2 Å². The van der Waals surface area contributed by atoms with Crippen LogP contribution < -0.4 is 15.8 Å². The van der Waals surface area contributed by atoms with Crippen molar-refractivity contribution in [1.82, 2.24) is 14.9 Å². The highest BCUT2D eigenvalue weighted by Crippen LogP contribution is 2.26. The van der Waals surface area contributed by atoms with E-state index in [1.54, 1.807) is 19.1 Å². The van der Waals surface area contributed by atoms with Gasteiger partial charge in [0.2, 0.25) is 5.43 Å². The van der Waals surface area contributed by atoms with Crippen LogP contribution in [0, 0.1) is 11.6 Å². The molecular formula is C21H19F3N4O4. The van der Waals surface area contributed by atoms with E-state index in [2.05, 4.69) is 5.32 Å². The Morgan fingerprint density at radius 3 is 2.69 bits per heavy atom. The molecule has 8 nitrogen and oxygen atoms in total. The number of hydrogen-bond donors (Lipinski definition) is 2. The molecule has 1 aromatic carbocycles. The summed E-state index contributed by atoms with van der Waals surface area (Å²) in [7, 11) is 0. The summed E-state index contributed by atoms with van der Waals surface area (Å²) in [6, 6.07) is 1.61. The number of carbonyl (C=O) groups excluding carboxylic acids is 2. The van der Waals surface area contributed by atoms with Crippen LogP contribution in [0.2, 0.25) is 0 Å². The summed E-state index contributed by atoms with van der Waals surface area (Å²) in [4.78, 5) is 39.6. The predicted octanol–water partition coefficient (Wildman–Crippen LogP) is 1.41. The minimum atomic E-state index is -1.10. The third-order valence-electron chi connectivity index (χ3n) is 5.55. The first-order chi connectivity index (χ1) is 15.2. The number of aromatic nitrogens is 1. The Labute approximate surface area is 180 Å². The summed E-state index contributed by atoms with van der Waals surface area (Å²) in [5.74, 6) is -4.20. The molecule has 1 aromatic heterocycles. The maximum absolute atomic E-state index is 13.8. The molecule has 4 rings (SSSR count). The zero-order valence-corrected chi connectivity index (χ0v) is 16.9. The summed E-state index contributed by atoms with van der Waals surface area (Å²) in [6.07, 6.45) is 4.27. The largest absolute Gasteiger partial charge is 0.502 e. The Balaban J connectivity index is 1.72. The number of fused-ring (bicyclic) bond motifs is 4. The summed E-state index contributed by atoms with van der Waals surface area (Å²) in [5.41, 5.74) is -2.01. The number of pyridine rings is 1. The van der Waals surface area contributed by atoms with Crippen LogP contribution in [0.4, 0.5) is 13.2 Å². The SMILES string of the molecule is C[C@H]1C=C[C@@H](CF)N2CN1C(=O)c1c(O)c(=O)c(C(=O)NCc3ccc(F)cc3F)cn12. The lowest BCUT2D eigenvalue weighted by Gasteiger charge is -2.42. The number of nitrogens with zero attached hydrogens (tertiary/aromatic N) is 3. The van der Waals surface area contributed by atoms with E-state index in [1.807, 2.05) is 0 Å². The first kappa shape index (κ1) is 21.5. The van der Waals surface area contributed by atoms with Gasteiger partial charge in [-0.2, -0.15) is 0 Å². The first-order valence-electron chi connectivity index (χ1n) is 9.75. The Morgan fingerprint density at radius 1 is 1.25 bits per heavy atom. The van der Waals surface area contributed by atoms with Gasteiger partial charge in [-0.15, -0.1) is 0 Å². The van der Waals surface area contributed by atoms with E-state index in [-0.39, 0.29) is 24.5 Å². The number of alkyl halides is 1. The third-order valence-corrected chi connectivity index (χ3v) is 5.55. The van der Waals surface area contributed by atoms with Crippen LogP contribution in [0.15, 0.2) is 41.3 Å². The maximum Gasteiger partial charge on any atom is 0.278 e. The van der Waals surface area contributed by atoms with Crippen molar-refractivity contribution >= 4 is 11.8 Å². The van der Waals surface area contributed by atoms with E-state index < -0.39 is 58.9 Å². The molecule has 11 heteroatoms. The predicted molar refractivity (Wildman–Crippen MR) is 108 cm³/mol. The summed E-state index contributed by atoms with van der Waals surface area (Å²) in [6.45, 7) is 0.521. The number of carbonyl (C=O) groups is 2. The van der Waals surface area contributed by atoms with Crippen LogP contribution in [0.3, 0.4) is 0 Å². The Kier molecular flexibility index (Phi) is 5.41. The molecule has 2 amide bonds. The fraction of sp³-hybridized carbons (Fsp3) is 0.286. The molecule has 0 fully saturated rings. The number of rotatable bonds is 4. The molecule has 0 spiro atoms. The van der Waals surface area contributed by atoms with Gasteiger partial charge in [0.15, 0.2) is 11.4 Å². The first-order valence-corrected chi connectivity index (χ1v) is 9.75. The number of benzene rings is 1. The van der Waals surface area contributed by atoms with Crippen molar-refractivity contribution < 1.29 is 27.9 Å². The van der Waals surface area contributed by atoms with E-state index in [4.69, 9.17) is 0 Å². The van der Waals surface area contributed by atoms with Crippen molar-refractivity contribution in [2.75, 3.05) is 18.4 Å². The van der Waals surface area contributed by atoms with Gasteiger partial charge >= 0.3 is 0 Å². The number of nitrogens with one attached hydrogen (secondary N) is 1. The Bertz CT molecular complexity index is 1200. The molecule has 0 saturated carbocycles. The zero-order valence-electron chi connectivity index (χ0n) is 16.9. The quantitative estimate of drug-likeness (QED) is 0.690. The van der Waals surface area contributed by atoms with Crippen LogP contribution in [0.5, 0.6) is 5.75 Å². The van der Waals surface area contributed by atoms with Gasteiger partial charge in [-0.25, -0.2) is 13.2 Å². The van der Waals surface area contributed by atoms with Gasteiger partial charge in [0, 0.05) is 30.4 Å². The summed E-state index contributed by atoms with van der Waals surface area (Å²) >= 11 is 0. The fourth-order valence-corrected chi connectivity index (χ4v) is 3.71. The standard InChI is InChI=1S/C21H19F3N4O4/c1-11-2-5-14(7-22)28-10-26(11)21(32)17-19(30)18(29)15(9-27(17)28)20(31)25-8-12-3-4-13(23)6-16(12)24/h2-6,9,11,14,30H,7-8,10H2,1H3,(H,25,31)/t11-,14-/m0/s1. The highest BCUT2D eigenvalue weighted by Gasteiger charge is 2.39. The van der Waals surface area contributed by atoms with E-state index in [9.17, 15) is 32.7 Å². The average Bonchev–Trinajstić information content (AvgIpc) is 2.90. The van der Waals surface area contributed by atoms with Crippen molar-refractivity contribution in [1.29, 1.82) is 0 Å². The molecule has 2 N–H and O–H groups in total. The maximum atomic E-state index is 13.8. The number of halogens is 3. The minimum Gasteiger partial charge on any atom is -0.502 e. The van der Waals surface area contributed by atoms with Gasteiger partial charge in [0.1, 0.15) is 30.5 Å². The van der Waals surface area contributed by atoms with E-state index >= 15 is 0 Å². The van der Waals surface area contributed by atoms with Gasteiger partial charge < -0.3 is 15.3 Å². The lowest BCUT2D eigenvalue weighted by atomic mass is 10.1. The normalized spacial score (nSPS) is 19.6. The van der Waals surface area contributed by atoms with E-state index in [0.717, 1.165) is 23.0 Å². The lowest BCUT2D eigenvalue weighted by Crippen LogP contribution is -2.58. The molecule has 0 radical (unpaired) electrons. The molecule has 2 aliphatic heterocycles. The molecular weight excluding hydrogens is 429 g/mol. The van der Waals surface area contributed by atoms with Crippen molar-refractivity contribution in [2.45, 2.75) is 25.6 Å². The van der Waals surface area contributed by atoms with Crippen LogP contribution in [-0.2, 0) is 6.54 Å².